The van der Waals surface area contributed by atoms with Crippen LogP contribution in [-0.2, 0) is 0 Å². The molecule has 0 saturated heterocycles. The minimum Gasteiger partial charge on any atom is -0.493 e. The van der Waals surface area contributed by atoms with E-state index in [1.54, 1.807) is 6.07 Å². The molecule has 0 aliphatic carbocycles. The number of fused-ring (bicyclic) bond motifs is 1. The number of carbonyl (C=O) groups is 1. The lowest BCUT2D eigenvalue weighted by Crippen LogP contribution is -2.35. The number of hydrogen-bond acceptors (Lipinski definition) is 4. The molecular weight excluding hydrogens is 364 g/mol. The Hall–Kier alpha value is -3.41. The second-order valence-electron chi connectivity index (χ2n) is 7.24. The van der Waals surface area contributed by atoms with Crippen LogP contribution >= 0.6 is 0 Å². The monoisotopic (exact) mass is 390 g/mol. The van der Waals surface area contributed by atoms with Crippen molar-refractivity contribution < 1.29 is 9.53 Å². The summed E-state index contributed by atoms with van der Waals surface area (Å²) in [6.45, 7) is 6.89. The number of nitrogens with one attached hydrogen (secondary N) is 2. The predicted octanol–water partition coefficient (Wildman–Crippen LogP) is 4.26. The molecule has 29 heavy (non-hydrogen) atoms. The lowest BCUT2D eigenvalue weighted by atomic mass is 10.0. The van der Waals surface area contributed by atoms with Crippen LogP contribution in [-0.4, -0.2) is 23.5 Å². The molecule has 1 heterocycles. The van der Waals surface area contributed by atoms with E-state index < -0.39 is 11.9 Å². The van der Waals surface area contributed by atoms with Gasteiger partial charge in [0.2, 0.25) is 0 Å². The third-order valence-electron chi connectivity index (χ3n) is 4.93. The second-order valence-corrected chi connectivity index (χ2v) is 7.24. The van der Waals surface area contributed by atoms with E-state index in [0.29, 0.717) is 40.4 Å². The van der Waals surface area contributed by atoms with Crippen molar-refractivity contribution in [1.29, 1.82) is 5.41 Å². The molecule has 0 saturated carbocycles. The Labute approximate surface area is 170 Å². The Balaban J connectivity index is 2.12. The number of benzene rings is 2. The summed E-state index contributed by atoms with van der Waals surface area (Å²) in [5.74, 6) is 0.331. The van der Waals surface area contributed by atoms with Crippen LogP contribution in [0.15, 0.2) is 48.5 Å². The van der Waals surface area contributed by atoms with Gasteiger partial charge in [-0.2, -0.15) is 0 Å². The van der Waals surface area contributed by atoms with Crippen molar-refractivity contribution in [3.63, 3.8) is 0 Å². The summed E-state index contributed by atoms with van der Waals surface area (Å²) in [5.41, 5.74) is 9.12. The van der Waals surface area contributed by atoms with Crippen molar-refractivity contribution in [2.45, 2.75) is 27.2 Å². The average Bonchev–Trinajstić information content (AvgIpc) is 2.70. The molecule has 2 aromatic carbocycles. The van der Waals surface area contributed by atoms with Gasteiger partial charge in [-0.25, -0.2) is 4.98 Å². The summed E-state index contributed by atoms with van der Waals surface area (Å²) in [6.07, 6.45) is 1.04. The molecule has 3 rings (SSSR count). The number of nitrogens with two attached hydrogens (primary N) is 1. The number of amides is 1. The maximum Gasteiger partial charge on any atom is 0.258 e. The highest BCUT2D eigenvalue weighted by atomic mass is 16.5. The van der Waals surface area contributed by atoms with Crippen molar-refractivity contribution in [2.75, 3.05) is 6.61 Å². The summed E-state index contributed by atoms with van der Waals surface area (Å²) >= 11 is 0. The first-order valence-electron chi connectivity index (χ1n) is 9.68. The Morgan fingerprint density at radius 1 is 1.24 bits per heavy atom. The number of aromatic nitrogens is 1. The van der Waals surface area contributed by atoms with Crippen molar-refractivity contribution in [3.8, 4) is 17.0 Å². The molecule has 0 fully saturated rings. The van der Waals surface area contributed by atoms with E-state index in [0.717, 1.165) is 17.5 Å². The number of aryl methyl sites for hydroxylation is 1. The molecule has 150 valence electrons. The first-order valence-corrected chi connectivity index (χ1v) is 9.68. The quantitative estimate of drug-likeness (QED) is 0.432. The van der Waals surface area contributed by atoms with Crippen LogP contribution in [0.5, 0.6) is 5.75 Å². The van der Waals surface area contributed by atoms with Crippen LogP contribution < -0.4 is 15.8 Å². The third kappa shape index (κ3) is 4.71. The Kier molecular flexibility index (Phi) is 6.12. The molecule has 0 spiro atoms. The zero-order valence-corrected chi connectivity index (χ0v) is 17.0. The predicted molar refractivity (Wildman–Crippen MR) is 116 cm³/mol. The number of hydrogen-bond donors (Lipinski definition) is 3. The van der Waals surface area contributed by atoms with Gasteiger partial charge in [-0.05, 0) is 36.6 Å². The van der Waals surface area contributed by atoms with Gasteiger partial charge in [0.05, 0.1) is 23.4 Å². The minimum absolute atomic E-state index is 0.397. The zero-order chi connectivity index (χ0) is 21.0. The van der Waals surface area contributed by atoms with Gasteiger partial charge in [0, 0.05) is 17.0 Å². The molecule has 0 aliphatic rings. The van der Waals surface area contributed by atoms with E-state index in [1.807, 2.05) is 49.4 Å². The maximum absolute atomic E-state index is 12.7. The first-order chi connectivity index (χ1) is 13.9. The van der Waals surface area contributed by atoms with E-state index in [-0.39, 0.29) is 0 Å². The van der Waals surface area contributed by atoms with E-state index in [2.05, 4.69) is 19.2 Å². The lowest BCUT2D eigenvalue weighted by Gasteiger charge is -2.14. The number of rotatable bonds is 6. The van der Waals surface area contributed by atoms with Gasteiger partial charge < -0.3 is 10.5 Å². The fourth-order valence-corrected chi connectivity index (χ4v) is 3.03. The van der Waals surface area contributed by atoms with Crippen LogP contribution in [0.25, 0.3) is 22.2 Å². The van der Waals surface area contributed by atoms with E-state index >= 15 is 0 Å². The normalized spacial score (nSPS) is 11.8. The van der Waals surface area contributed by atoms with Gasteiger partial charge >= 0.3 is 0 Å². The summed E-state index contributed by atoms with van der Waals surface area (Å²) < 4.78 is 5.91. The number of ether oxygens (including phenoxy) is 1. The van der Waals surface area contributed by atoms with Crippen molar-refractivity contribution in [1.82, 2.24) is 10.3 Å². The minimum atomic E-state index is -0.437. The molecule has 1 amide bonds. The van der Waals surface area contributed by atoms with Crippen LogP contribution in [0.2, 0.25) is 0 Å². The molecule has 1 atom stereocenters. The van der Waals surface area contributed by atoms with Crippen LogP contribution in [0.3, 0.4) is 0 Å². The highest BCUT2D eigenvalue weighted by Crippen LogP contribution is 2.29. The Bertz CT molecular complexity index is 1060. The number of nitrogens with zero attached hydrogens (tertiary/aromatic N) is 1. The standard InChI is InChI=1S/C23H26N4O2/c1-4-14(2)13-29-16-9-10-18-19(22(28)27-23(24)25)12-21(26-20(18)11-16)17-8-6-5-7-15(17)3/h5-12,14H,4,13H2,1-3H3,(H4,24,25,27,28). The highest BCUT2D eigenvalue weighted by molar-refractivity contribution is 6.12. The van der Waals surface area contributed by atoms with Crippen molar-refractivity contribution in [2.24, 2.45) is 11.7 Å². The van der Waals surface area contributed by atoms with Crippen molar-refractivity contribution in [3.05, 3.63) is 59.7 Å². The molecule has 0 bridgehead atoms. The Morgan fingerprint density at radius 3 is 2.69 bits per heavy atom. The largest absolute Gasteiger partial charge is 0.493 e. The Morgan fingerprint density at radius 2 is 2.00 bits per heavy atom. The fourth-order valence-electron chi connectivity index (χ4n) is 3.03. The summed E-state index contributed by atoms with van der Waals surface area (Å²) in [6, 6.07) is 15.1. The summed E-state index contributed by atoms with van der Waals surface area (Å²) in [4.78, 5) is 17.5. The van der Waals surface area contributed by atoms with Crippen LogP contribution in [0.1, 0.15) is 36.2 Å². The van der Waals surface area contributed by atoms with Crippen molar-refractivity contribution >= 4 is 22.8 Å². The van der Waals surface area contributed by atoms with Gasteiger partial charge in [0.15, 0.2) is 5.96 Å². The molecule has 1 aromatic heterocycles. The molecule has 3 aromatic rings. The molecule has 1 unspecified atom stereocenters. The average molecular weight is 390 g/mol. The number of guanidine groups is 1. The SMILES string of the molecule is CCC(C)COc1ccc2c(C(=O)NC(=N)N)cc(-c3ccccc3C)nc2c1. The van der Waals surface area contributed by atoms with Gasteiger partial charge in [-0.3, -0.25) is 15.5 Å². The topological polar surface area (TPSA) is 101 Å². The number of pyridine rings is 1. The van der Waals surface area contributed by atoms with Gasteiger partial charge in [-0.1, -0.05) is 44.5 Å². The lowest BCUT2D eigenvalue weighted by molar-refractivity contribution is 0.0978. The van der Waals surface area contributed by atoms with Gasteiger partial charge in [0.1, 0.15) is 5.75 Å². The van der Waals surface area contributed by atoms with Gasteiger partial charge in [-0.15, -0.1) is 0 Å². The molecule has 6 nitrogen and oxygen atoms in total. The third-order valence-corrected chi connectivity index (χ3v) is 4.93. The van der Waals surface area contributed by atoms with E-state index in [9.17, 15) is 4.79 Å². The summed E-state index contributed by atoms with van der Waals surface area (Å²) in [7, 11) is 0. The van der Waals surface area contributed by atoms with Crippen LogP contribution in [0, 0.1) is 18.3 Å². The highest BCUT2D eigenvalue weighted by Gasteiger charge is 2.16. The summed E-state index contributed by atoms with van der Waals surface area (Å²) in [5, 5.41) is 10.4. The fraction of sp³-hybridized carbons (Fsp3) is 0.261. The maximum atomic E-state index is 12.7. The molecular formula is C23H26N4O2. The first kappa shape index (κ1) is 20.3. The van der Waals surface area contributed by atoms with Gasteiger partial charge in [0.25, 0.3) is 5.91 Å². The van der Waals surface area contributed by atoms with Crippen LogP contribution in [0.4, 0.5) is 0 Å². The number of carbonyl (C=O) groups excluding carboxylic acids is 1. The molecule has 0 aliphatic heterocycles. The molecule has 0 radical (unpaired) electrons. The van der Waals surface area contributed by atoms with E-state index in [1.165, 1.54) is 0 Å². The second kappa shape index (κ2) is 8.73. The smallest absolute Gasteiger partial charge is 0.258 e. The molecule has 6 heteroatoms. The van der Waals surface area contributed by atoms with E-state index in [4.69, 9.17) is 20.9 Å². The zero-order valence-electron chi connectivity index (χ0n) is 17.0. The molecule has 4 N–H and O–H groups in total.